The van der Waals surface area contributed by atoms with Crippen LogP contribution in [-0.4, -0.2) is 42.5 Å². The Labute approximate surface area is 142 Å². The summed E-state index contributed by atoms with van der Waals surface area (Å²) in [6.45, 7) is 6.45. The topological polar surface area (TPSA) is 47.7 Å². The van der Waals surface area contributed by atoms with Gasteiger partial charge in [-0.2, -0.15) is 0 Å². The number of aromatic nitrogens is 1. The number of oxazole rings is 1. The molecular weight excluding hydrogens is 304 g/mol. The maximum Gasteiger partial charge on any atom is 0.226 e. The Balaban J connectivity index is 1.37. The van der Waals surface area contributed by atoms with Crippen molar-refractivity contribution < 1.29 is 13.9 Å². The second-order valence-corrected chi connectivity index (χ2v) is 6.61. The summed E-state index contributed by atoms with van der Waals surface area (Å²) in [4.78, 5) is 7.16. The van der Waals surface area contributed by atoms with Gasteiger partial charge in [-0.15, -0.1) is 0 Å². The Kier molecular flexibility index (Phi) is 4.65. The largest absolute Gasteiger partial charge is 0.441 e. The maximum atomic E-state index is 5.87. The number of nitrogens with zero attached hydrogens (tertiary/aromatic N) is 2. The highest BCUT2D eigenvalue weighted by atomic mass is 16.7. The molecule has 0 saturated carbocycles. The molecule has 5 heteroatoms. The van der Waals surface area contributed by atoms with Crippen LogP contribution in [-0.2, 0) is 16.0 Å². The van der Waals surface area contributed by atoms with Crippen molar-refractivity contribution in [2.45, 2.75) is 32.6 Å². The lowest BCUT2D eigenvalue weighted by molar-refractivity contribution is -0.0978. The van der Waals surface area contributed by atoms with Crippen LogP contribution in [0.25, 0.3) is 11.5 Å². The van der Waals surface area contributed by atoms with Crippen molar-refractivity contribution in [2.24, 2.45) is 5.92 Å². The zero-order valence-corrected chi connectivity index (χ0v) is 14.1. The molecule has 1 aromatic heterocycles. The van der Waals surface area contributed by atoms with Gasteiger partial charge in [-0.25, -0.2) is 4.98 Å². The summed E-state index contributed by atoms with van der Waals surface area (Å²) in [5.41, 5.74) is 2.07. The smallest absolute Gasteiger partial charge is 0.226 e. The lowest BCUT2D eigenvalue weighted by atomic mass is 9.96. The SMILES string of the molecule is Cc1oc(-c2ccccc2)nc1CN1CCC(C2OCCO2)CC1. The minimum absolute atomic E-state index is 0.0191. The van der Waals surface area contributed by atoms with Crippen LogP contribution in [0.1, 0.15) is 24.3 Å². The molecule has 0 bridgehead atoms. The van der Waals surface area contributed by atoms with Crippen LogP contribution in [0.3, 0.4) is 0 Å². The van der Waals surface area contributed by atoms with Gasteiger partial charge >= 0.3 is 0 Å². The summed E-state index contributed by atoms with van der Waals surface area (Å²) >= 11 is 0. The first-order valence-corrected chi connectivity index (χ1v) is 8.77. The monoisotopic (exact) mass is 328 g/mol. The minimum Gasteiger partial charge on any atom is -0.441 e. The highest BCUT2D eigenvalue weighted by molar-refractivity contribution is 5.53. The molecule has 0 N–H and O–H groups in total. The van der Waals surface area contributed by atoms with Gasteiger partial charge in [0.05, 0.1) is 18.9 Å². The van der Waals surface area contributed by atoms with Crippen LogP contribution < -0.4 is 0 Å². The predicted octanol–water partition coefficient (Wildman–Crippen LogP) is 3.23. The summed E-state index contributed by atoms with van der Waals surface area (Å²) in [7, 11) is 0. The van der Waals surface area contributed by atoms with Gasteiger partial charge < -0.3 is 13.9 Å². The lowest BCUT2D eigenvalue weighted by Gasteiger charge is -2.33. The normalized spacial score (nSPS) is 20.7. The Morgan fingerprint density at radius 3 is 2.50 bits per heavy atom. The third-order valence-electron chi connectivity index (χ3n) is 4.95. The van der Waals surface area contributed by atoms with E-state index in [1.807, 2.05) is 37.3 Å². The van der Waals surface area contributed by atoms with Gasteiger partial charge in [-0.3, -0.25) is 4.90 Å². The number of piperidine rings is 1. The molecule has 2 aliphatic heterocycles. The summed E-state index contributed by atoms with van der Waals surface area (Å²) in [6.07, 6.45) is 2.26. The number of ether oxygens (including phenoxy) is 2. The number of aryl methyl sites for hydroxylation is 1. The molecule has 0 spiro atoms. The zero-order valence-electron chi connectivity index (χ0n) is 14.1. The summed E-state index contributed by atoms with van der Waals surface area (Å²) in [5.74, 6) is 2.16. The van der Waals surface area contributed by atoms with Crippen LogP contribution >= 0.6 is 0 Å². The van der Waals surface area contributed by atoms with E-state index in [0.29, 0.717) is 11.8 Å². The molecule has 3 heterocycles. The van der Waals surface area contributed by atoms with Crippen molar-refractivity contribution in [3.63, 3.8) is 0 Å². The average Bonchev–Trinajstić information content (AvgIpc) is 3.27. The summed E-state index contributed by atoms with van der Waals surface area (Å²) in [5, 5.41) is 0. The average molecular weight is 328 g/mol. The van der Waals surface area contributed by atoms with Crippen molar-refractivity contribution in [3.8, 4) is 11.5 Å². The van der Waals surface area contributed by atoms with E-state index < -0.39 is 0 Å². The van der Waals surface area contributed by atoms with E-state index in [1.54, 1.807) is 0 Å². The van der Waals surface area contributed by atoms with E-state index in [0.717, 1.165) is 62.7 Å². The Bertz CT molecular complexity index is 657. The van der Waals surface area contributed by atoms with Gasteiger partial charge in [0.25, 0.3) is 0 Å². The Morgan fingerprint density at radius 1 is 1.08 bits per heavy atom. The van der Waals surface area contributed by atoms with Gasteiger partial charge in [-0.1, -0.05) is 18.2 Å². The van der Waals surface area contributed by atoms with Crippen molar-refractivity contribution in [2.75, 3.05) is 26.3 Å². The molecule has 0 unspecified atom stereocenters. The number of hydrogen-bond acceptors (Lipinski definition) is 5. The number of benzene rings is 1. The third-order valence-corrected chi connectivity index (χ3v) is 4.95. The van der Waals surface area contributed by atoms with Crippen LogP contribution in [0.15, 0.2) is 34.7 Å². The number of rotatable bonds is 4. The standard InChI is InChI=1S/C19H24N2O3/c1-14-17(20-18(24-14)15-5-3-2-4-6-15)13-21-9-7-16(8-10-21)19-22-11-12-23-19/h2-6,16,19H,7-13H2,1H3. The van der Waals surface area contributed by atoms with E-state index >= 15 is 0 Å². The van der Waals surface area contributed by atoms with Crippen LogP contribution in [0.4, 0.5) is 0 Å². The molecule has 5 nitrogen and oxygen atoms in total. The molecule has 128 valence electrons. The fourth-order valence-corrected chi connectivity index (χ4v) is 3.52. The molecule has 0 amide bonds. The van der Waals surface area contributed by atoms with Gasteiger partial charge in [0.1, 0.15) is 5.76 Å². The van der Waals surface area contributed by atoms with Gasteiger partial charge in [0.15, 0.2) is 6.29 Å². The highest BCUT2D eigenvalue weighted by Gasteiger charge is 2.30. The van der Waals surface area contributed by atoms with Crippen LogP contribution in [0.2, 0.25) is 0 Å². The minimum atomic E-state index is 0.0191. The Morgan fingerprint density at radius 2 is 1.79 bits per heavy atom. The van der Waals surface area contributed by atoms with Crippen molar-refractivity contribution in [1.82, 2.24) is 9.88 Å². The van der Waals surface area contributed by atoms with Crippen LogP contribution in [0.5, 0.6) is 0 Å². The molecule has 2 fully saturated rings. The number of hydrogen-bond donors (Lipinski definition) is 0. The van der Waals surface area contributed by atoms with Gasteiger partial charge in [0, 0.05) is 18.0 Å². The first kappa shape index (κ1) is 15.8. The van der Waals surface area contributed by atoms with Crippen molar-refractivity contribution in [3.05, 3.63) is 41.8 Å². The molecule has 2 aromatic rings. The van der Waals surface area contributed by atoms with E-state index in [9.17, 15) is 0 Å². The van der Waals surface area contributed by atoms with Gasteiger partial charge in [-0.05, 0) is 45.0 Å². The van der Waals surface area contributed by atoms with E-state index in [2.05, 4.69) is 4.90 Å². The van der Waals surface area contributed by atoms with Crippen molar-refractivity contribution >= 4 is 0 Å². The predicted molar refractivity (Wildman–Crippen MR) is 90.4 cm³/mol. The maximum absolute atomic E-state index is 5.87. The molecular formula is C19H24N2O3. The summed E-state index contributed by atoms with van der Waals surface area (Å²) in [6, 6.07) is 10.1. The van der Waals surface area contributed by atoms with Crippen molar-refractivity contribution in [1.29, 1.82) is 0 Å². The molecule has 1 aromatic carbocycles. The quantitative estimate of drug-likeness (QED) is 0.862. The van der Waals surface area contributed by atoms with E-state index in [4.69, 9.17) is 18.9 Å². The third kappa shape index (κ3) is 3.38. The molecule has 0 atom stereocenters. The molecule has 2 saturated heterocycles. The zero-order chi connectivity index (χ0) is 16.4. The van der Waals surface area contributed by atoms with E-state index in [-0.39, 0.29) is 6.29 Å². The van der Waals surface area contributed by atoms with Crippen LogP contribution in [0, 0.1) is 12.8 Å². The molecule has 0 aliphatic carbocycles. The second kappa shape index (κ2) is 7.05. The fraction of sp³-hybridized carbons (Fsp3) is 0.526. The van der Waals surface area contributed by atoms with Gasteiger partial charge in [0.2, 0.25) is 5.89 Å². The first-order chi connectivity index (χ1) is 11.8. The number of likely N-dealkylation sites (tertiary alicyclic amines) is 1. The summed E-state index contributed by atoms with van der Waals surface area (Å²) < 4.78 is 17.2. The molecule has 0 radical (unpaired) electrons. The second-order valence-electron chi connectivity index (χ2n) is 6.61. The first-order valence-electron chi connectivity index (χ1n) is 8.77. The molecule has 2 aliphatic rings. The fourth-order valence-electron chi connectivity index (χ4n) is 3.52. The molecule has 24 heavy (non-hydrogen) atoms. The lowest BCUT2D eigenvalue weighted by Crippen LogP contribution is -2.37. The highest BCUT2D eigenvalue weighted by Crippen LogP contribution is 2.28. The van der Waals surface area contributed by atoms with E-state index in [1.165, 1.54) is 0 Å². The molecule has 4 rings (SSSR count). The Hall–Kier alpha value is -1.69.